The first-order valence-corrected chi connectivity index (χ1v) is 12.9. The number of aromatic nitrogens is 1. The van der Waals surface area contributed by atoms with Crippen molar-refractivity contribution in [2.45, 2.75) is 39.2 Å². The van der Waals surface area contributed by atoms with Gasteiger partial charge in [0, 0.05) is 42.3 Å². The van der Waals surface area contributed by atoms with Crippen LogP contribution in [0.15, 0.2) is 30.4 Å². The van der Waals surface area contributed by atoms with Crippen molar-refractivity contribution in [2.24, 2.45) is 5.92 Å². The van der Waals surface area contributed by atoms with Gasteiger partial charge in [-0.2, -0.15) is 0 Å². The number of nitrogens with zero attached hydrogens (tertiary/aromatic N) is 2. The van der Waals surface area contributed by atoms with Gasteiger partial charge in [0.05, 0.1) is 11.6 Å². The summed E-state index contributed by atoms with van der Waals surface area (Å²) in [4.78, 5) is 32.9. The third kappa shape index (κ3) is 6.19. The van der Waals surface area contributed by atoms with Crippen LogP contribution in [0.3, 0.4) is 0 Å². The molecule has 0 bridgehead atoms. The van der Waals surface area contributed by atoms with E-state index in [-0.39, 0.29) is 23.7 Å². The normalized spacial score (nSPS) is 19.0. The molecular weight excluding hydrogens is 469 g/mol. The lowest BCUT2D eigenvalue weighted by molar-refractivity contribution is -0.125. The van der Waals surface area contributed by atoms with E-state index in [1.807, 2.05) is 39.0 Å². The first-order valence-electron chi connectivity index (χ1n) is 12.9. The lowest BCUT2D eigenvalue weighted by Gasteiger charge is -2.26. The van der Waals surface area contributed by atoms with Crippen molar-refractivity contribution in [1.82, 2.24) is 20.1 Å². The van der Waals surface area contributed by atoms with Crippen LogP contribution >= 0.6 is 0 Å². The molecule has 0 fully saturated rings. The number of likely N-dealkylation sites (N-methyl/N-ethyl adjacent to an activating group) is 2. The van der Waals surface area contributed by atoms with Crippen molar-refractivity contribution >= 4 is 29.2 Å². The second kappa shape index (κ2) is 11.4. The first kappa shape index (κ1) is 26.8. The lowest BCUT2D eigenvalue weighted by atomic mass is 9.86. The van der Waals surface area contributed by atoms with E-state index in [9.17, 15) is 14.0 Å². The van der Waals surface area contributed by atoms with Gasteiger partial charge < -0.3 is 20.5 Å². The highest BCUT2D eigenvalue weighted by Crippen LogP contribution is 2.36. The van der Waals surface area contributed by atoms with Crippen molar-refractivity contribution in [3.63, 3.8) is 0 Å². The monoisotopic (exact) mass is 507 g/mol. The van der Waals surface area contributed by atoms with Crippen LogP contribution in [0, 0.1) is 18.7 Å². The largest absolute Gasteiger partial charge is 0.358 e. The van der Waals surface area contributed by atoms with Crippen LogP contribution in [0.2, 0.25) is 0 Å². The van der Waals surface area contributed by atoms with Crippen molar-refractivity contribution < 1.29 is 14.0 Å². The van der Waals surface area contributed by atoms with Gasteiger partial charge in [-0.1, -0.05) is 12.2 Å². The number of amides is 2. The molecule has 0 saturated carbocycles. The summed E-state index contributed by atoms with van der Waals surface area (Å²) in [5, 5.41) is 5.96. The molecule has 0 saturated heterocycles. The van der Waals surface area contributed by atoms with Crippen LogP contribution in [0.4, 0.5) is 10.1 Å². The number of hydrogen-bond acceptors (Lipinski definition) is 4. The van der Waals surface area contributed by atoms with Gasteiger partial charge >= 0.3 is 0 Å². The summed E-state index contributed by atoms with van der Waals surface area (Å²) < 4.78 is 13.8. The Morgan fingerprint density at radius 1 is 1.24 bits per heavy atom. The van der Waals surface area contributed by atoms with Gasteiger partial charge in [-0.25, -0.2) is 4.39 Å². The Kier molecular flexibility index (Phi) is 8.29. The SMILES string of the molecule is Cc1c(/C=C2\C(=O)Nc3ccc(F)cc32)[nH]c2c1CC[C@H](CNC(=O)[C@H](C)N(C)C/C=C/CN(C)C)C2. The molecule has 37 heavy (non-hydrogen) atoms. The molecule has 0 unspecified atom stereocenters. The van der Waals surface area contributed by atoms with E-state index in [1.165, 1.54) is 17.7 Å². The van der Waals surface area contributed by atoms with Crippen molar-refractivity contribution in [2.75, 3.05) is 46.1 Å². The number of nitrogens with one attached hydrogen (secondary N) is 3. The smallest absolute Gasteiger partial charge is 0.256 e. The summed E-state index contributed by atoms with van der Waals surface area (Å²) in [5.74, 6) is -0.201. The zero-order valence-electron chi connectivity index (χ0n) is 22.5. The molecule has 8 heteroatoms. The molecule has 2 amide bonds. The standard InChI is InChI=1S/C29H38FN5O2/c1-18-22-10-8-20(17-31-28(36)19(2)35(5)13-7-6-12-34(3)4)14-27(22)32-26(18)16-24-23-15-21(30)9-11-25(23)33-29(24)37/h6-7,9,11,15-16,19-20,32H,8,10,12-14,17H2,1-5H3,(H,31,36)(H,33,37)/b7-6+,24-16-/t19-,20-/m0/s1. The fourth-order valence-corrected chi connectivity index (χ4v) is 5.02. The van der Waals surface area contributed by atoms with Gasteiger partial charge in [0.15, 0.2) is 0 Å². The molecule has 1 aliphatic carbocycles. The fourth-order valence-electron chi connectivity index (χ4n) is 5.02. The van der Waals surface area contributed by atoms with Gasteiger partial charge in [0.25, 0.3) is 5.91 Å². The van der Waals surface area contributed by atoms with E-state index in [2.05, 4.69) is 39.6 Å². The maximum atomic E-state index is 13.8. The minimum atomic E-state index is -0.366. The molecule has 1 aliphatic heterocycles. The number of benzene rings is 1. The third-order valence-electron chi connectivity index (χ3n) is 7.49. The maximum Gasteiger partial charge on any atom is 0.256 e. The lowest BCUT2D eigenvalue weighted by Crippen LogP contribution is -2.45. The second-order valence-corrected chi connectivity index (χ2v) is 10.5. The molecular formula is C29H38FN5O2. The molecule has 198 valence electrons. The number of hydrogen-bond donors (Lipinski definition) is 3. The number of aromatic amines is 1. The van der Waals surface area contributed by atoms with Crippen molar-refractivity contribution in [3.05, 3.63) is 64.2 Å². The van der Waals surface area contributed by atoms with Gasteiger partial charge in [-0.05, 0) is 95.6 Å². The summed E-state index contributed by atoms with van der Waals surface area (Å²) >= 11 is 0. The number of carbonyl (C=O) groups excluding carboxylic acids is 2. The number of halogens is 1. The fraction of sp³-hybridized carbons (Fsp3) is 0.448. The molecule has 7 nitrogen and oxygen atoms in total. The highest BCUT2D eigenvalue weighted by Gasteiger charge is 2.28. The number of carbonyl (C=O) groups is 2. The van der Waals surface area contributed by atoms with Crippen LogP contribution in [0.5, 0.6) is 0 Å². The van der Waals surface area contributed by atoms with Crippen LogP contribution in [-0.2, 0) is 22.4 Å². The highest BCUT2D eigenvalue weighted by atomic mass is 19.1. The molecule has 0 radical (unpaired) electrons. The van der Waals surface area contributed by atoms with E-state index in [1.54, 1.807) is 6.07 Å². The van der Waals surface area contributed by atoms with E-state index < -0.39 is 0 Å². The van der Waals surface area contributed by atoms with E-state index in [4.69, 9.17) is 0 Å². The van der Waals surface area contributed by atoms with Crippen LogP contribution < -0.4 is 10.6 Å². The van der Waals surface area contributed by atoms with Gasteiger partial charge in [-0.3, -0.25) is 14.5 Å². The van der Waals surface area contributed by atoms with Crippen molar-refractivity contribution in [1.29, 1.82) is 0 Å². The molecule has 2 heterocycles. The van der Waals surface area contributed by atoms with Crippen molar-refractivity contribution in [3.8, 4) is 0 Å². The minimum absolute atomic E-state index is 0.0422. The van der Waals surface area contributed by atoms with Gasteiger partial charge in [0.2, 0.25) is 5.91 Å². The molecule has 2 aromatic rings. The second-order valence-electron chi connectivity index (χ2n) is 10.5. The first-order chi connectivity index (χ1) is 17.6. The Hall–Kier alpha value is -3.23. The summed E-state index contributed by atoms with van der Waals surface area (Å²) in [6.07, 6.45) is 8.79. The maximum absolute atomic E-state index is 13.8. The molecule has 4 rings (SSSR count). The zero-order chi connectivity index (χ0) is 26.7. The molecule has 0 spiro atoms. The molecule has 1 aromatic carbocycles. The Morgan fingerprint density at radius 2 is 2.00 bits per heavy atom. The zero-order valence-corrected chi connectivity index (χ0v) is 22.5. The van der Waals surface area contributed by atoms with E-state index in [0.29, 0.717) is 29.3 Å². The summed E-state index contributed by atoms with van der Waals surface area (Å²) in [6.45, 7) is 6.24. The quantitative estimate of drug-likeness (QED) is 0.358. The summed E-state index contributed by atoms with van der Waals surface area (Å²) in [5.41, 5.74) is 6.13. The van der Waals surface area contributed by atoms with E-state index in [0.717, 1.165) is 49.3 Å². The van der Waals surface area contributed by atoms with Gasteiger partial charge in [0.1, 0.15) is 5.82 Å². The van der Waals surface area contributed by atoms with Gasteiger partial charge in [-0.15, -0.1) is 0 Å². The third-order valence-corrected chi connectivity index (χ3v) is 7.49. The molecule has 1 aromatic heterocycles. The number of rotatable bonds is 9. The summed E-state index contributed by atoms with van der Waals surface area (Å²) in [7, 11) is 6.02. The minimum Gasteiger partial charge on any atom is -0.358 e. The average molecular weight is 508 g/mol. The predicted molar refractivity (Wildman–Crippen MR) is 147 cm³/mol. The Morgan fingerprint density at radius 3 is 2.76 bits per heavy atom. The topological polar surface area (TPSA) is 80.5 Å². The molecule has 2 atom stereocenters. The Balaban J connectivity index is 1.36. The average Bonchev–Trinajstić information content (AvgIpc) is 3.34. The molecule has 3 N–H and O–H groups in total. The Bertz CT molecular complexity index is 1230. The molecule has 2 aliphatic rings. The number of H-pyrrole nitrogens is 1. The van der Waals surface area contributed by atoms with Crippen LogP contribution in [-0.4, -0.2) is 73.4 Å². The Labute approximate surface area is 218 Å². The van der Waals surface area contributed by atoms with Crippen LogP contribution in [0.25, 0.3) is 11.6 Å². The highest BCUT2D eigenvalue weighted by molar-refractivity contribution is 6.34. The van der Waals surface area contributed by atoms with E-state index >= 15 is 0 Å². The predicted octanol–water partition coefficient (Wildman–Crippen LogP) is 3.61. The van der Waals surface area contributed by atoms with Crippen LogP contribution in [0.1, 0.15) is 41.4 Å². The summed E-state index contributed by atoms with van der Waals surface area (Å²) in [6, 6.07) is 4.13. The number of anilines is 1. The number of fused-ring (bicyclic) bond motifs is 2.